The number of nitrogens with zero attached hydrogens (tertiary/aromatic N) is 1. The van der Waals surface area contributed by atoms with Gasteiger partial charge in [0.05, 0.1) is 6.04 Å². The topological polar surface area (TPSA) is 40.5 Å². The second-order valence-corrected chi connectivity index (χ2v) is 5.91. The molecule has 1 atom stereocenters. The van der Waals surface area contributed by atoms with Crippen LogP contribution in [0.2, 0.25) is 0 Å². The molecule has 118 valence electrons. The third kappa shape index (κ3) is 3.35. The van der Waals surface area contributed by atoms with Crippen molar-refractivity contribution in [2.75, 3.05) is 0 Å². The van der Waals surface area contributed by atoms with Gasteiger partial charge in [0.25, 0.3) is 0 Å². The van der Waals surface area contributed by atoms with Gasteiger partial charge < -0.3 is 0 Å². The van der Waals surface area contributed by atoms with Crippen molar-refractivity contribution in [1.82, 2.24) is 5.06 Å². The lowest BCUT2D eigenvalue weighted by atomic mass is 9.88. The Kier molecular flexibility index (Phi) is 4.58. The predicted molar refractivity (Wildman–Crippen MR) is 91.8 cm³/mol. The summed E-state index contributed by atoms with van der Waals surface area (Å²) >= 11 is 0. The summed E-state index contributed by atoms with van der Waals surface area (Å²) in [5, 5.41) is 10.9. The van der Waals surface area contributed by atoms with Gasteiger partial charge in [-0.3, -0.25) is 10.0 Å². The standard InChI is InChI=1S/C20H21NO2/c1-15(22)21(23)20-10-6-5-9-19(20)18-13-11-17(12-14-18)16-7-3-2-4-8-16/h2-4,7-9,11-14,20,23H,5-6,10H2,1H3. The molecule has 2 aromatic rings. The number of hydroxylamine groups is 2. The summed E-state index contributed by atoms with van der Waals surface area (Å²) in [6, 6.07) is 18.3. The summed E-state index contributed by atoms with van der Waals surface area (Å²) in [7, 11) is 0. The van der Waals surface area contributed by atoms with Gasteiger partial charge >= 0.3 is 0 Å². The van der Waals surface area contributed by atoms with Crippen LogP contribution in [0.3, 0.4) is 0 Å². The molecule has 0 saturated heterocycles. The Morgan fingerprint density at radius 3 is 2.26 bits per heavy atom. The van der Waals surface area contributed by atoms with Crippen LogP contribution in [0.25, 0.3) is 16.7 Å². The fourth-order valence-corrected chi connectivity index (χ4v) is 3.13. The van der Waals surface area contributed by atoms with E-state index in [1.807, 2.05) is 18.2 Å². The van der Waals surface area contributed by atoms with Crippen LogP contribution in [0.4, 0.5) is 0 Å². The first-order chi connectivity index (χ1) is 11.2. The van der Waals surface area contributed by atoms with Crippen LogP contribution in [-0.2, 0) is 4.79 Å². The predicted octanol–water partition coefficient (Wildman–Crippen LogP) is 4.53. The normalized spacial score (nSPS) is 17.5. The molecule has 0 bridgehead atoms. The minimum absolute atomic E-state index is 0.246. The van der Waals surface area contributed by atoms with Crippen LogP contribution in [0.5, 0.6) is 0 Å². The summed E-state index contributed by atoms with van der Waals surface area (Å²) < 4.78 is 0. The number of hydrogen-bond acceptors (Lipinski definition) is 2. The molecule has 1 amide bonds. The number of allylic oxidation sites excluding steroid dienone is 1. The van der Waals surface area contributed by atoms with Crippen molar-refractivity contribution in [2.24, 2.45) is 0 Å². The number of rotatable bonds is 3. The molecule has 0 aliphatic heterocycles. The molecule has 3 nitrogen and oxygen atoms in total. The average Bonchev–Trinajstić information content (AvgIpc) is 2.62. The molecule has 1 aliphatic carbocycles. The van der Waals surface area contributed by atoms with E-state index in [1.165, 1.54) is 12.5 Å². The van der Waals surface area contributed by atoms with Gasteiger partial charge in [0, 0.05) is 6.92 Å². The Bertz CT molecular complexity index is 704. The maximum atomic E-state index is 11.5. The summed E-state index contributed by atoms with van der Waals surface area (Å²) in [6.07, 6.45) is 4.90. The highest BCUT2D eigenvalue weighted by molar-refractivity contribution is 5.79. The zero-order valence-electron chi connectivity index (χ0n) is 13.3. The zero-order chi connectivity index (χ0) is 16.2. The van der Waals surface area contributed by atoms with E-state index in [0.29, 0.717) is 0 Å². The Morgan fingerprint density at radius 2 is 1.61 bits per heavy atom. The van der Waals surface area contributed by atoms with Gasteiger partial charge in [-0.1, -0.05) is 60.7 Å². The smallest absolute Gasteiger partial charge is 0.243 e. The van der Waals surface area contributed by atoms with Crippen molar-refractivity contribution in [3.8, 4) is 11.1 Å². The summed E-state index contributed by atoms with van der Waals surface area (Å²) in [4.78, 5) is 11.5. The number of carbonyl (C=O) groups excluding carboxylic acids is 1. The first-order valence-corrected chi connectivity index (χ1v) is 8.01. The lowest BCUT2D eigenvalue weighted by molar-refractivity contribution is -0.168. The van der Waals surface area contributed by atoms with Crippen LogP contribution in [0.15, 0.2) is 60.7 Å². The van der Waals surface area contributed by atoms with E-state index in [2.05, 4.69) is 42.5 Å². The lowest BCUT2D eigenvalue weighted by Crippen LogP contribution is -2.37. The Morgan fingerprint density at radius 1 is 1.00 bits per heavy atom. The molecule has 1 aliphatic rings. The van der Waals surface area contributed by atoms with E-state index in [-0.39, 0.29) is 11.9 Å². The Hall–Kier alpha value is -2.39. The van der Waals surface area contributed by atoms with Gasteiger partial charge in [0.15, 0.2) is 0 Å². The molecule has 0 spiro atoms. The molecule has 23 heavy (non-hydrogen) atoms. The molecule has 0 radical (unpaired) electrons. The van der Waals surface area contributed by atoms with Gasteiger partial charge in [0.1, 0.15) is 0 Å². The molecule has 2 aromatic carbocycles. The van der Waals surface area contributed by atoms with Gasteiger partial charge in [-0.25, -0.2) is 5.06 Å². The zero-order valence-corrected chi connectivity index (χ0v) is 13.3. The van der Waals surface area contributed by atoms with Crippen LogP contribution in [-0.4, -0.2) is 22.2 Å². The molecule has 3 rings (SSSR count). The number of carbonyl (C=O) groups is 1. The van der Waals surface area contributed by atoms with E-state index < -0.39 is 0 Å². The van der Waals surface area contributed by atoms with Crippen molar-refractivity contribution in [3.05, 3.63) is 66.2 Å². The highest BCUT2D eigenvalue weighted by Crippen LogP contribution is 2.31. The van der Waals surface area contributed by atoms with Crippen molar-refractivity contribution >= 4 is 11.5 Å². The van der Waals surface area contributed by atoms with Crippen molar-refractivity contribution in [2.45, 2.75) is 32.2 Å². The number of amides is 1. The molecular formula is C20H21NO2. The minimum atomic E-state index is -0.316. The van der Waals surface area contributed by atoms with E-state index in [1.54, 1.807) is 0 Å². The number of hydrogen-bond donors (Lipinski definition) is 1. The van der Waals surface area contributed by atoms with Crippen molar-refractivity contribution < 1.29 is 10.0 Å². The third-order valence-corrected chi connectivity index (χ3v) is 4.35. The summed E-state index contributed by atoms with van der Waals surface area (Å²) in [6.45, 7) is 1.39. The maximum Gasteiger partial charge on any atom is 0.243 e. The van der Waals surface area contributed by atoms with Crippen LogP contribution >= 0.6 is 0 Å². The number of benzene rings is 2. The van der Waals surface area contributed by atoms with E-state index in [0.717, 1.165) is 41.0 Å². The van der Waals surface area contributed by atoms with Gasteiger partial charge in [-0.05, 0) is 41.5 Å². The third-order valence-electron chi connectivity index (χ3n) is 4.35. The highest BCUT2D eigenvalue weighted by atomic mass is 16.5. The fourth-order valence-electron chi connectivity index (χ4n) is 3.13. The Labute approximate surface area is 136 Å². The molecule has 3 heteroatoms. The summed E-state index contributed by atoms with van der Waals surface area (Å²) in [5.41, 5.74) is 4.44. The minimum Gasteiger partial charge on any atom is -0.285 e. The van der Waals surface area contributed by atoms with Crippen LogP contribution in [0.1, 0.15) is 31.7 Å². The Balaban J connectivity index is 1.88. The van der Waals surface area contributed by atoms with Crippen molar-refractivity contribution in [1.29, 1.82) is 0 Å². The molecule has 0 fully saturated rings. The highest BCUT2D eigenvalue weighted by Gasteiger charge is 2.26. The first-order valence-electron chi connectivity index (χ1n) is 8.01. The molecule has 1 unspecified atom stereocenters. The van der Waals surface area contributed by atoms with Gasteiger partial charge in [-0.15, -0.1) is 0 Å². The van der Waals surface area contributed by atoms with Gasteiger partial charge in [0.2, 0.25) is 5.91 Å². The SMILES string of the molecule is CC(=O)N(O)C1CCCC=C1c1ccc(-c2ccccc2)cc1. The molecule has 0 aromatic heterocycles. The molecular weight excluding hydrogens is 286 g/mol. The quantitative estimate of drug-likeness (QED) is 0.668. The fraction of sp³-hybridized carbons (Fsp3) is 0.250. The van der Waals surface area contributed by atoms with Crippen LogP contribution < -0.4 is 0 Å². The molecule has 1 N–H and O–H groups in total. The molecule has 0 saturated carbocycles. The molecule has 0 heterocycles. The monoisotopic (exact) mass is 307 g/mol. The second-order valence-electron chi connectivity index (χ2n) is 5.91. The maximum absolute atomic E-state index is 11.5. The first kappa shape index (κ1) is 15.5. The summed E-state index contributed by atoms with van der Waals surface area (Å²) in [5.74, 6) is -0.316. The van der Waals surface area contributed by atoms with Gasteiger partial charge in [-0.2, -0.15) is 0 Å². The average molecular weight is 307 g/mol. The van der Waals surface area contributed by atoms with Crippen molar-refractivity contribution in [3.63, 3.8) is 0 Å². The van der Waals surface area contributed by atoms with Crippen LogP contribution in [0, 0.1) is 0 Å². The van der Waals surface area contributed by atoms with E-state index >= 15 is 0 Å². The van der Waals surface area contributed by atoms with E-state index in [4.69, 9.17) is 0 Å². The largest absolute Gasteiger partial charge is 0.285 e. The van der Waals surface area contributed by atoms with E-state index in [9.17, 15) is 10.0 Å². The second kappa shape index (κ2) is 6.80. The lowest BCUT2D eigenvalue weighted by Gasteiger charge is -2.30.